The third-order valence-electron chi connectivity index (χ3n) is 13.1. The zero-order valence-electron chi connectivity index (χ0n) is 44.9. The number of rotatable bonds is 54. The molecule has 0 saturated carbocycles. The van der Waals surface area contributed by atoms with E-state index in [0.29, 0.717) is 19.3 Å². The van der Waals surface area contributed by atoms with Crippen molar-refractivity contribution in [1.29, 1.82) is 0 Å². The summed E-state index contributed by atoms with van der Waals surface area (Å²) in [5, 5.41) is 0. The van der Waals surface area contributed by atoms with Gasteiger partial charge in [-0.1, -0.05) is 276 Å². The second kappa shape index (κ2) is 56.2. The molecule has 0 unspecified atom stereocenters. The standard InChI is InChI=1S/C61H112O6/c1-4-7-10-13-16-19-22-25-28-30-32-33-36-39-42-45-48-51-54-60(63)66-57-58(56-65-59(62)53-50-47-44-41-38-35-27-24-21-18-15-12-9-6-3)67-61(64)55-52-49-46-43-40-37-34-31-29-26-23-20-17-14-11-8-5-2/h17,20,26,29,34,37,58H,4-16,18-19,21-25,27-28,30-33,35-36,38-57H2,1-3H3/b20-17-,29-26-,37-34-/t58-/m1/s1. The number of carbonyl (C=O) groups excluding carboxylic acids is 3. The molecule has 0 aromatic heterocycles. The topological polar surface area (TPSA) is 78.9 Å². The molecule has 0 spiro atoms. The van der Waals surface area contributed by atoms with Crippen LogP contribution >= 0.6 is 0 Å². The lowest BCUT2D eigenvalue weighted by Gasteiger charge is -2.18. The van der Waals surface area contributed by atoms with E-state index >= 15 is 0 Å². The quantitative estimate of drug-likeness (QED) is 0.0262. The Labute approximate surface area is 416 Å². The van der Waals surface area contributed by atoms with E-state index < -0.39 is 6.10 Å². The van der Waals surface area contributed by atoms with Gasteiger partial charge in [-0.05, 0) is 57.8 Å². The number of ether oxygens (including phenoxy) is 3. The fraction of sp³-hybridized carbons (Fsp3) is 0.852. The van der Waals surface area contributed by atoms with Crippen LogP contribution in [0.15, 0.2) is 36.5 Å². The molecule has 0 aromatic carbocycles. The highest BCUT2D eigenvalue weighted by Gasteiger charge is 2.19. The number of hydrogen-bond acceptors (Lipinski definition) is 6. The fourth-order valence-corrected chi connectivity index (χ4v) is 8.69. The first kappa shape index (κ1) is 64.6. The van der Waals surface area contributed by atoms with Crippen LogP contribution in [0.3, 0.4) is 0 Å². The van der Waals surface area contributed by atoms with Crippen LogP contribution in [0.4, 0.5) is 0 Å². The van der Waals surface area contributed by atoms with E-state index in [2.05, 4.69) is 57.2 Å². The maximum Gasteiger partial charge on any atom is 0.306 e. The first-order chi connectivity index (χ1) is 33.0. The van der Waals surface area contributed by atoms with Gasteiger partial charge in [-0.15, -0.1) is 0 Å². The van der Waals surface area contributed by atoms with Crippen molar-refractivity contribution in [2.24, 2.45) is 0 Å². The molecule has 0 aromatic rings. The maximum absolute atomic E-state index is 12.9. The zero-order valence-corrected chi connectivity index (χ0v) is 44.9. The monoisotopic (exact) mass is 941 g/mol. The SMILES string of the molecule is CCCCC/C=C\C/C=C\C/C=C\CCCCCCC(=O)O[C@H](COC(=O)CCCCCCCCCCCCCCCC)COC(=O)CCCCCCCCCCCCCCCCCCCC. The molecule has 0 aliphatic carbocycles. The largest absolute Gasteiger partial charge is 0.462 e. The van der Waals surface area contributed by atoms with Gasteiger partial charge >= 0.3 is 17.9 Å². The third kappa shape index (κ3) is 54.4. The zero-order chi connectivity index (χ0) is 48.6. The summed E-state index contributed by atoms with van der Waals surface area (Å²) in [4.78, 5) is 38.2. The summed E-state index contributed by atoms with van der Waals surface area (Å²) in [6, 6.07) is 0. The summed E-state index contributed by atoms with van der Waals surface area (Å²) in [7, 11) is 0. The molecule has 0 fully saturated rings. The highest BCUT2D eigenvalue weighted by atomic mass is 16.6. The molecule has 6 heteroatoms. The van der Waals surface area contributed by atoms with Crippen molar-refractivity contribution >= 4 is 17.9 Å². The molecule has 67 heavy (non-hydrogen) atoms. The number of carbonyl (C=O) groups is 3. The molecular formula is C61H112O6. The van der Waals surface area contributed by atoms with Gasteiger partial charge in [0.15, 0.2) is 6.10 Å². The Kier molecular flexibility index (Phi) is 54.2. The van der Waals surface area contributed by atoms with Crippen molar-refractivity contribution in [1.82, 2.24) is 0 Å². The van der Waals surface area contributed by atoms with Crippen LogP contribution in [0, 0.1) is 0 Å². The van der Waals surface area contributed by atoms with Crippen molar-refractivity contribution in [2.45, 2.75) is 322 Å². The Morgan fingerprint density at radius 3 is 0.866 bits per heavy atom. The van der Waals surface area contributed by atoms with Crippen molar-refractivity contribution in [2.75, 3.05) is 13.2 Å². The molecule has 0 aliphatic rings. The molecule has 6 nitrogen and oxygen atoms in total. The van der Waals surface area contributed by atoms with Gasteiger partial charge in [-0.2, -0.15) is 0 Å². The molecule has 0 N–H and O–H groups in total. The highest BCUT2D eigenvalue weighted by Crippen LogP contribution is 2.17. The predicted molar refractivity (Wildman–Crippen MR) is 289 cm³/mol. The summed E-state index contributed by atoms with van der Waals surface area (Å²) in [6.07, 6.45) is 67.0. The van der Waals surface area contributed by atoms with Crippen LogP contribution in [0.25, 0.3) is 0 Å². The van der Waals surface area contributed by atoms with Crippen molar-refractivity contribution in [3.05, 3.63) is 36.5 Å². The maximum atomic E-state index is 12.9. The summed E-state index contributed by atoms with van der Waals surface area (Å²) in [5.41, 5.74) is 0. The highest BCUT2D eigenvalue weighted by molar-refractivity contribution is 5.71. The minimum Gasteiger partial charge on any atom is -0.462 e. The fourth-order valence-electron chi connectivity index (χ4n) is 8.69. The first-order valence-electron chi connectivity index (χ1n) is 29.5. The summed E-state index contributed by atoms with van der Waals surface area (Å²) < 4.78 is 16.9. The Morgan fingerprint density at radius 2 is 0.537 bits per heavy atom. The number of hydrogen-bond donors (Lipinski definition) is 0. The Balaban J connectivity index is 4.36. The van der Waals surface area contributed by atoms with Crippen LogP contribution in [0.1, 0.15) is 316 Å². The van der Waals surface area contributed by atoms with E-state index in [1.165, 1.54) is 193 Å². The lowest BCUT2D eigenvalue weighted by atomic mass is 10.0. The van der Waals surface area contributed by atoms with Gasteiger partial charge in [0.1, 0.15) is 13.2 Å². The van der Waals surface area contributed by atoms with Gasteiger partial charge in [-0.3, -0.25) is 14.4 Å². The molecule has 0 rings (SSSR count). The molecular weight excluding hydrogens is 829 g/mol. The van der Waals surface area contributed by atoms with E-state index in [-0.39, 0.29) is 31.1 Å². The van der Waals surface area contributed by atoms with E-state index in [1.54, 1.807) is 0 Å². The van der Waals surface area contributed by atoms with Crippen LogP contribution in [0.5, 0.6) is 0 Å². The van der Waals surface area contributed by atoms with Crippen LogP contribution in [-0.4, -0.2) is 37.2 Å². The minimum absolute atomic E-state index is 0.0764. The second-order valence-corrected chi connectivity index (χ2v) is 19.9. The Morgan fingerprint density at radius 1 is 0.299 bits per heavy atom. The van der Waals surface area contributed by atoms with Gasteiger partial charge in [-0.25, -0.2) is 0 Å². The van der Waals surface area contributed by atoms with Gasteiger partial charge in [0.05, 0.1) is 0 Å². The predicted octanol–water partition coefficient (Wildman–Crippen LogP) is 19.7. The summed E-state index contributed by atoms with van der Waals surface area (Å²) >= 11 is 0. The molecule has 0 saturated heterocycles. The smallest absolute Gasteiger partial charge is 0.306 e. The first-order valence-corrected chi connectivity index (χ1v) is 29.5. The van der Waals surface area contributed by atoms with Crippen molar-refractivity contribution in [3.63, 3.8) is 0 Å². The summed E-state index contributed by atoms with van der Waals surface area (Å²) in [6.45, 7) is 6.64. The van der Waals surface area contributed by atoms with Crippen LogP contribution in [0.2, 0.25) is 0 Å². The van der Waals surface area contributed by atoms with E-state index in [0.717, 1.165) is 83.5 Å². The number of allylic oxidation sites excluding steroid dienone is 6. The molecule has 0 heterocycles. The minimum atomic E-state index is -0.780. The molecule has 392 valence electrons. The van der Waals surface area contributed by atoms with Gasteiger partial charge in [0.25, 0.3) is 0 Å². The third-order valence-corrected chi connectivity index (χ3v) is 13.1. The lowest BCUT2D eigenvalue weighted by molar-refractivity contribution is -0.167. The van der Waals surface area contributed by atoms with Crippen LogP contribution in [-0.2, 0) is 28.6 Å². The molecule has 0 radical (unpaired) electrons. The van der Waals surface area contributed by atoms with E-state index in [1.807, 2.05) is 0 Å². The van der Waals surface area contributed by atoms with Crippen LogP contribution < -0.4 is 0 Å². The lowest BCUT2D eigenvalue weighted by Crippen LogP contribution is -2.30. The van der Waals surface area contributed by atoms with E-state index in [4.69, 9.17) is 14.2 Å². The molecule has 0 aliphatic heterocycles. The molecule has 1 atom stereocenters. The average molecular weight is 942 g/mol. The average Bonchev–Trinajstić information content (AvgIpc) is 3.33. The Bertz CT molecular complexity index is 1130. The van der Waals surface area contributed by atoms with Gasteiger partial charge in [0.2, 0.25) is 0 Å². The van der Waals surface area contributed by atoms with Crippen molar-refractivity contribution < 1.29 is 28.6 Å². The van der Waals surface area contributed by atoms with Crippen molar-refractivity contribution in [3.8, 4) is 0 Å². The van der Waals surface area contributed by atoms with E-state index in [9.17, 15) is 14.4 Å². The molecule has 0 amide bonds. The summed E-state index contributed by atoms with van der Waals surface area (Å²) in [5.74, 6) is -0.878. The van der Waals surface area contributed by atoms with Gasteiger partial charge in [0, 0.05) is 19.3 Å². The molecule has 0 bridgehead atoms. The number of unbranched alkanes of at least 4 members (excludes halogenated alkanes) is 37. The Hall–Kier alpha value is -2.37. The normalized spacial score (nSPS) is 12.2. The number of esters is 3. The second-order valence-electron chi connectivity index (χ2n) is 19.9. The van der Waals surface area contributed by atoms with Gasteiger partial charge < -0.3 is 14.2 Å².